The molecule has 0 aliphatic carbocycles. The molecule has 22 heavy (non-hydrogen) atoms. The molecule has 1 aliphatic heterocycles. The predicted molar refractivity (Wildman–Crippen MR) is 77.8 cm³/mol. The van der Waals surface area contributed by atoms with E-state index in [9.17, 15) is 14.4 Å². The lowest BCUT2D eigenvalue weighted by molar-refractivity contribution is -0.145. The minimum Gasteiger partial charge on any atom is -0.465 e. The maximum atomic E-state index is 12.5. The molecule has 0 aromatic carbocycles. The second-order valence-corrected chi connectivity index (χ2v) is 5.16. The topological polar surface area (TPSA) is 87.5 Å². The number of ether oxygens (including phenoxy) is 2. The van der Waals surface area contributed by atoms with Crippen molar-refractivity contribution < 1.29 is 19.1 Å². The van der Waals surface area contributed by atoms with Crippen LogP contribution in [0, 0.1) is 0 Å². The summed E-state index contributed by atoms with van der Waals surface area (Å²) in [5, 5.41) is 0. The van der Waals surface area contributed by atoms with Gasteiger partial charge in [0.15, 0.2) is 0 Å². The molecule has 0 radical (unpaired) electrons. The Kier molecular flexibility index (Phi) is 4.95. The van der Waals surface area contributed by atoms with Gasteiger partial charge in [-0.1, -0.05) is 0 Å². The number of nitrogens with zero attached hydrogens (tertiary/aromatic N) is 2. The van der Waals surface area contributed by atoms with Crippen LogP contribution in [0.15, 0.2) is 11.0 Å². The molecule has 7 nitrogen and oxygen atoms in total. The van der Waals surface area contributed by atoms with Gasteiger partial charge in [0.1, 0.15) is 17.3 Å². The number of rotatable bonds is 4. The average molecular weight is 308 g/mol. The minimum atomic E-state index is -0.694. The first-order valence-electron chi connectivity index (χ1n) is 7.46. The first-order valence-corrected chi connectivity index (χ1v) is 7.46. The van der Waals surface area contributed by atoms with Crippen LogP contribution in [0.5, 0.6) is 0 Å². The number of hydrogen-bond acceptors (Lipinski definition) is 6. The van der Waals surface area contributed by atoms with Crippen molar-refractivity contribution >= 4 is 11.9 Å². The zero-order valence-corrected chi connectivity index (χ0v) is 13.0. The maximum Gasteiger partial charge on any atom is 0.345 e. The van der Waals surface area contributed by atoms with Crippen LogP contribution in [-0.2, 0) is 14.3 Å². The highest BCUT2D eigenvalue weighted by Crippen LogP contribution is 2.31. The Hall–Kier alpha value is -2.18. The highest BCUT2D eigenvalue weighted by atomic mass is 16.5. The van der Waals surface area contributed by atoms with E-state index < -0.39 is 17.4 Å². The summed E-state index contributed by atoms with van der Waals surface area (Å²) in [6.45, 7) is 5.72. The monoisotopic (exact) mass is 308 g/mol. The molecule has 0 fully saturated rings. The molecule has 1 aromatic rings. The van der Waals surface area contributed by atoms with Crippen molar-refractivity contribution in [3.05, 3.63) is 27.9 Å². The van der Waals surface area contributed by atoms with Crippen molar-refractivity contribution in [2.75, 3.05) is 13.2 Å². The Bertz CT molecular complexity index is 637. The Labute approximate surface area is 128 Å². The van der Waals surface area contributed by atoms with Crippen LogP contribution in [0.25, 0.3) is 0 Å². The number of carbonyl (C=O) groups excluding carboxylic acids is 2. The van der Waals surface area contributed by atoms with Gasteiger partial charge in [-0.15, -0.1) is 0 Å². The molecule has 0 N–H and O–H groups in total. The fourth-order valence-corrected chi connectivity index (χ4v) is 2.65. The van der Waals surface area contributed by atoms with Gasteiger partial charge in [-0.3, -0.25) is 14.2 Å². The standard InChI is InChI=1S/C15H20N2O5/c1-4-21-14(19)10-7-6-9(3)17-12(10)16-8-11(13(17)18)15(20)22-5-2/h8-10H,4-7H2,1-3H3. The minimum absolute atomic E-state index is 0.109. The van der Waals surface area contributed by atoms with E-state index in [1.54, 1.807) is 13.8 Å². The van der Waals surface area contributed by atoms with Crippen LogP contribution >= 0.6 is 0 Å². The zero-order valence-electron chi connectivity index (χ0n) is 13.0. The normalized spacial score (nSPS) is 20.1. The van der Waals surface area contributed by atoms with Crippen LogP contribution in [-0.4, -0.2) is 34.7 Å². The quantitative estimate of drug-likeness (QED) is 0.782. The van der Waals surface area contributed by atoms with Crippen molar-refractivity contribution in [2.24, 2.45) is 0 Å². The molecule has 0 bridgehead atoms. The van der Waals surface area contributed by atoms with Crippen molar-refractivity contribution in [2.45, 2.75) is 45.6 Å². The van der Waals surface area contributed by atoms with Crippen molar-refractivity contribution in [3.8, 4) is 0 Å². The van der Waals surface area contributed by atoms with Gasteiger partial charge in [0.25, 0.3) is 5.56 Å². The molecule has 1 aromatic heterocycles. The van der Waals surface area contributed by atoms with Crippen molar-refractivity contribution in [1.29, 1.82) is 0 Å². The van der Waals surface area contributed by atoms with E-state index in [2.05, 4.69) is 4.98 Å². The van der Waals surface area contributed by atoms with E-state index in [4.69, 9.17) is 9.47 Å². The Morgan fingerprint density at radius 1 is 1.27 bits per heavy atom. The summed E-state index contributed by atoms with van der Waals surface area (Å²) < 4.78 is 11.3. The van der Waals surface area contributed by atoms with E-state index in [1.807, 2.05) is 6.92 Å². The number of aromatic nitrogens is 2. The van der Waals surface area contributed by atoms with Gasteiger partial charge in [0, 0.05) is 12.2 Å². The second-order valence-electron chi connectivity index (χ2n) is 5.16. The number of carbonyl (C=O) groups is 2. The second kappa shape index (κ2) is 6.72. The first kappa shape index (κ1) is 16.2. The highest BCUT2D eigenvalue weighted by Gasteiger charge is 2.34. The van der Waals surface area contributed by atoms with Gasteiger partial charge < -0.3 is 9.47 Å². The van der Waals surface area contributed by atoms with Gasteiger partial charge >= 0.3 is 11.9 Å². The zero-order chi connectivity index (χ0) is 16.3. The molecule has 0 spiro atoms. The van der Waals surface area contributed by atoms with Gasteiger partial charge in [0.05, 0.1) is 13.2 Å². The summed E-state index contributed by atoms with van der Waals surface area (Å²) >= 11 is 0. The molecule has 120 valence electrons. The summed E-state index contributed by atoms with van der Waals surface area (Å²) in [5.41, 5.74) is -0.577. The third-order valence-corrected chi connectivity index (χ3v) is 3.71. The van der Waals surface area contributed by atoms with E-state index in [0.29, 0.717) is 18.7 Å². The van der Waals surface area contributed by atoms with E-state index in [-0.39, 0.29) is 30.8 Å². The van der Waals surface area contributed by atoms with E-state index in [0.717, 1.165) is 0 Å². The number of hydrogen-bond donors (Lipinski definition) is 0. The molecule has 2 unspecified atom stereocenters. The molecule has 2 heterocycles. The Balaban J connectivity index is 2.48. The summed E-state index contributed by atoms with van der Waals surface area (Å²) in [5.74, 6) is -1.30. The summed E-state index contributed by atoms with van der Waals surface area (Å²) in [6.07, 6.45) is 2.41. The van der Waals surface area contributed by atoms with E-state index in [1.165, 1.54) is 10.8 Å². The van der Waals surface area contributed by atoms with Crippen LogP contribution < -0.4 is 5.56 Å². The largest absolute Gasteiger partial charge is 0.465 e. The summed E-state index contributed by atoms with van der Waals surface area (Å²) in [7, 11) is 0. The van der Waals surface area contributed by atoms with Gasteiger partial charge in [-0.2, -0.15) is 0 Å². The van der Waals surface area contributed by atoms with E-state index >= 15 is 0 Å². The average Bonchev–Trinajstić information content (AvgIpc) is 2.48. The lowest BCUT2D eigenvalue weighted by Gasteiger charge is -2.29. The third kappa shape index (κ3) is 2.88. The molecule has 0 saturated carbocycles. The lowest BCUT2D eigenvalue weighted by Crippen LogP contribution is -2.38. The number of fused-ring (bicyclic) bond motifs is 1. The highest BCUT2D eigenvalue weighted by molar-refractivity contribution is 5.88. The third-order valence-electron chi connectivity index (χ3n) is 3.71. The molecular weight excluding hydrogens is 288 g/mol. The molecule has 2 atom stereocenters. The van der Waals surface area contributed by atoms with Crippen LogP contribution in [0.2, 0.25) is 0 Å². The molecule has 0 amide bonds. The molecular formula is C15H20N2O5. The van der Waals surface area contributed by atoms with Gasteiger partial charge in [-0.25, -0.2) is 9.78 Å². The first-order chi connectivity index (χ1) is 10.5. The summed E-state index contributed by atoms with van der Waals surface area (Å²) in [6, 6.07) is -0.130. The van der Waals surface area contributed by atoms with Crippen molar-refractivity contribution in [1.82, 2.24) is 9.55 Å². The van der Waals surface area contributed by atoms with Gasteiger partial charge in [0.2, 0.25) is 0 Å². The molecule has 7 heteroatoms. The smallest absolute Gasteiger partial charge is 0.345 e. The molecule has 0 saturated heterocycles. The van der Waals surface area contributed by atoms with Crippen LogP contribution in [0.4, 0.5) is 0 Å². The fourth-order valence-electron chi connectivity index (χ4n) is 2.65. The predicted octanol–water partition coefficient (Wildman–Crippen LogP) is 1.42. The SMILES string of the molecule is CCOC(=O)c1cnc2n(c1=O)C(C)CCC2C(=O)OCC. The van der Waals surface area contributed by atoms with Crippen molar-refractivity contribution in [3.63, 3.8) is 0 Å². The Morgan fingerprint density at radius 2 is 1.95 bits per heavy atom. The van der Waals surface area contributed by atoms with Gasteiger partial charge in [-0.05, 0) is 33.6 Å². The molecule has 2 rings (SSSR count). The lowest BCUT2D eigenvalue weighted by atomic mass is 9.94. The van der Waals surface area contributed by atoms with Crippen LogP contribution in [0.3, 0.4) is 0 Å². The van der Waals surface area contributed by atoms with Crippen LogP contribution in [0.1, 0.15) is 61.8 Å². The summed E-state index contributed by atoms with van der Waals surface area (Å²) in [4.78, 5) is 40.6. The fraction of sp³-hybridized carbons (Fsp3) is 0.600. The number of esters is 2. The maximum absolute atomic E-state index is 12.5. The Morgan fingerprint density at radius 3 is 2.59 bits per heavy atom. The molecule has 1 aliphatic rings.